The summed E-state index contributed by atoms with van der Waals surface area (Å²) in [6, 6.07) is 10.0. The highest BCUT2D eigenvalue weighted by Gasteiger charge is 2.49. The smallest absolute Gasteiger partial charge is 0.321 e. The molecule has 0 aromatic heterocycles. The Morgan fingerprint density at radius 2 is 1.76 bits per heavy atom. The number of rotatable bonds is 2. The molecule has 5 nitrogen and oxygen atoms in total. The van der Waals surface area contributed by atoms with Gasteiger partial charge in [0.1, 0.15) is 0 Å². The Morgan fingerprint density at radius 3 is 2.41 bits per heavy atom. The summed E-state index contributed by atoms with van der Waals surface area (Å²) < 4.78 is 26.4. The van der Waals surface area contributed by atoms with Crippen LogP contribution in [-0.4, -0.2) is 40.6 Å². The number of urea groups is 1. The van der Waals surface area contributed by atoms with Crippen molar-refractivity contribution >= 4 is 46.7 Å². The molecular weight excluding hydrogens is 420 g/mol. The minimum atomic E-state index is -1.01. The van der Waals surface area contributed by atoms with Gasteiger partial charge in [0.25, 0.3) is 0 Å². The molecule has 2 aromatic carbocycles. The van der Waals surface area contributed by atoms with Crippen molar-refractivity contribution in [1.82, 2.24) is 4.90 Å². The summed E-state index contributed by atoms with van der Waals surface area (Å²) in [6.45, 7) is 0.889. The molecule has 2 heterocycles. The normalized spacial score (nSPS) is 18.4. The van der Waals surface area contributed by atoms with Crippen LogP contribution in [0, 0.1) is 11.6 Å². The minimum absolute atomic E-state index is 0.0389. The fourth-order valence-corrected chi connectivity index (χ4v) is 5.18. The van der Waals surface area contributed by atoms with Gasteiger partial charge in [-0.3, -0.25) is 9.69 Å². The van der Waals surface area contributed by atoms with Gasteiger partial charge in [-0.1, -0.05) is 11.6 Å². The molecule has 1 spiro atoms. The third-order valence-corrected chi connectivity index (χ3v) is 6.98. The molecule has 3 amide bonds. The van der Waals surface area contributed by atoms with E-state index in [4.69, 9.17) is 11.6 Å². The summed E-state index contributed by atoms with van der Waals surface area (Å²) in [6.07, 6.45) is 1.22. The molecule has 0 unspecified atom stereocenters. The second-order valence-electron chi connectivity index (χ2n) is 6.99. The van der Waals surface area contributed by atoms with E-state index in [1.165, 1.54) is 6.07 Å². The lowest BCUT2D eigenvalue weighted by Crippen LogP contribution is -2.53. The van der Waals surface area contributed by atoms with Gasteiger partial charge in [0.15, 0.2) is 11.6 Å². The predicted molar refractivity (Wildman–Crippen MR) is 110 cm³/mol. The van der Waals surface area contributed by atoms with E-state index in [2.05, 4.69) is 5.32 Å². The first kappa shape index (κ1) is 20.0. The van der Waals surface area contributed by atoms with Crippen molar-refractivity contribution in [3.8, 4) is 0 Å². The number of hydrogen-bond donors (Lipinski definition) is 1. The third kappa shape index (κ3) is 3.91. The number of piperidine rings is 1. The number of thioether (sulfide) groups is 1. The molecule has 2 fully saturated rings. The number of carbonyl (C=O) groups excluding carboxylic acids is 2. The van der Waals surface area contributed by atoms with Gasteiger partial charge in [-0.2, -0.15) is 0 Å². The van der Waals surface area contributed by atoms with Crippen LogP contribution in [-0.2, 0) is 4.79 Å². The van der Waals surface area contributed by atoms with Gasteiger partial charge in [-0.05, 0) is 49.2 Å². The number of hydrogen-bond acceptors (Lipinski definition) is 3. The van der Waals surface area contributed by atoms with Gasteiger partial charge in [-0.15, -0.1) is 11.8 Å². The molecule has 2 aliphatic rings. The molecule has 2 aromatic rings. The average molecular weight is 438 g/mol. The first-order chi connectivity index (χ1) is 13.9. The summed E-state index contributed by atoms with van der Waals surface area (Å²) in [5, 5.41) is 3.20. The molecule has 0 aliphatic carbocycles. The van der Waals surface area contributed by atoms with Crippen LogP contribution >= 0.6 is 23.4 Å². The summed E-state index contributed by atoms with van der Waals surface area (Å²) in [5.41, 5.74) is 0.992. The van der Waals surface area contributed by atoms with E-state index in [0.29, 0.717) is 36.7 Å². The number of nitrogens with zero attached hydrogens (tertiary/aromatic N) is 2. The number of anilines is 2. The highest BCUT2D eigenvalue weighted by molar-refractivity contribution is 8.02. The molecule has 0 radical (unpaired) electrons. The Bertz CT molecular complexity index is 949. The summed E-state index contributed by atoms with van der Waals surface area (Å²) in [5.74, 6) is -1.55. The van der Waals surface area contributed by atoms with E-state index in [0.717, 1.165) is 17.8 Å². The van der Waals surface area contributed by atoms with Crippen molar-refractivity contribution in [2.24, 2.45) is 0 Å². The maximum atomic E-state index is 13.3. The van der Waals surface area contributed by atoms with Gasteiger partial charge in [0.05, 0.1) is 10.6 Å². The number of amides is 3. The Labute approximate surface area is 176 Å². The van der Waals surface area contributed by atoms with E-state index in [-0.39, 0.29) is 17.6 Å². The van der Waals surface area contributed by atoms with Gasteiger partial charge in [0.2, 0.25) is 5.91 Å². The van der Waals surface area contributed by atoms with Crippen LogP contribution in [0.5, 0.6) is 0 Å². The molecule has 29 heavy (non-hydrogen) atoms. The van der Waals surface area contributed by atoms with Crippen molar-refractivity contribution in [2.45, 2.75) is 17.7 Å². The van der Waals surface area contributed by atoms with E-state index < -0.39 is 16.5 Å². The van der Waals surface area contributed by atoms with Crippen LogP contribution in [0.2, 0.25) is 5.02 Å². The van der Waals surface area contributed by atoms with Gasteiger partial charge in [-0.25, -0.2) is 13.6 Å². The fourth-order valence-electron chi connectivity index (χ4n) is 3.73. The molecule has 1 N–H and O–H groups in total. The summed E-state index contributed by atoms with van der Waals surface area (Å²) in [7, 11) is 0. The number of benzene rings is 2. The number of halogens is 3. The maximum Gasteiger partial charge on any atom is 0.321 e. The highest BCUT2D eigenvalue weighted by Crippen LogP contribution is 2.46. The van der Waals surface area contributed by atoms with Crippen molar-refractivity contribution < 1.29 is 18.4 Å². The van der Waals surface area contributed by atoms with E-state index in [9.17, 15) is 18.4 Å². The lowest BCUT2D eigenvalue weighted by molar-refractivity contribution is -0.116. The fraction of sp³-hybridized carbons (Fsp3) is 0.300. The average Bonchev–Trinajstić information content (AvgIpc) is 3.02. The van der Waals surface area contributed by atoms with E-state index >= 15 is 0 Å². The Kier molecular flexibility index (Phi) is 5.40. The summed E-state index contributed by atoms with van der Waals surface area (Å²) >= 11 is 7.56. The molecule has 2 aliphatic heterocycles. The highest BCUT2D eigenvalue weighted by atomic mass is 35.5. The van der Waals surface area contributed by atoms with Crippen molar-refractivity contribution in [3.63, 3.8) is 0 Å². The van der Waals surface area contributed by atoms with Gasteiger partial charge < -0.3 is 10.2 Å². The molecule has 152 valence electrons. The predicted octanol–water partition coefficient (Wildman–Crippen LogP) is 4.72. The lowest BCUT2D eigenvalue weighted by atomic mass is 10.0. The zero-order valence-corrected chi connectivity index (χ0v) is 16.9. The monoisotopic (exact) mass is 437 g/mol. The molecule has 0 atom stereocenters. The Hall–Kier alpha value is -2.32. The molecule has 0 bridgehead atoms. The maximum absolute atomic E-state index is 13.3. The van der Waals surface area contributed by atoms with Crippen molar-refractivity contribution in [1.29, 1.82) is 0 Å². The summed E-state index contributed by atoms with van der Waals surface area (Å²) in [4.78, 5) is 28.1. The van der Waals surface area contributed by atoms with Crippen LogP contribution in [0.15, 0.2) is 42.5 Å². The van der Waals surface area contributed by atoms with Crippen LogP contribution < -0.4 is 10.2 Å². The Balaban J connectivity index is 1.44. The molecule has 0 saturated carbocycles. The van der Waals surface area contributed by atoms with Gasteiger partial charge in [0, 0.05) is 35.6 Å². The second kappa shape index (κ2) is 7.84. The van der Waals surface area contributed by atoms with Crippen molar-refractivity contribution in [2.75, 3.05) is 29.1 Å². The van der Waals surface area contributed by atoms with Gasteiger partial charge >= 0.3 is 6.03 Å². The largest absolute Gasteiger partial charge is 0.324 e. The molecule has 2 saturated heterocycles. The first-order valence-electron chi connectivity index (χ1n) is 9.11. The third-order valence-electron chi connectivity index (χ3n) is 5.21. The van der Waals surface area contributed by atoms with Crippen LogP contribution in [0.3, 0.4) is 0 Å². The molecule has 9 heteroatoms. The molecule has 4 rings (SSSR count). The second-order valence-corrected chi connectivity index (χ2v) is 8.76. The van der Waals surface area contributed by atoms with E-state index in [1.54, 1.807) is 28.8 Å². The van der Waals surface area contributed by atoms with Crippen LogP contribution in [0.1, 0.15) is 12.8 Å². The standard InChI is InChI=1S/C20H18ClF2N3O2S/c21-13-1-4-15(5-2-13)26-18(27)12-29-20(26)7-9-25(10-8-20)19(28)24-14-3-6-16(22)17(23)11-14/h1-6,11H,7-10,12H2,(H,24,28). The quantitative estimate of drug-likeness (QED) is 0.739. The SMILES string of the molecule is O=C(Nc1ccc(F)c(F)c1)N1CCC2(CC1)SCC(=O)N2c1ccc(Cl)cc1. The van der Waals surface area contributed by atoms with E-state index in [1.807, 2.05) is 17.0 Å². The zero-order chi connectivity index (χ0) is 20.6. The number of nitrogens with one attached hydrogen (secondary N) is 1. The number of likely N-dealkylation sites (tertiary alicyclic amines) is 1. The number of carbonyl (C=O) groups is 2. The Morgan fingerprint density at radius 1 is 1.07 bits per heavy atom. The van der Waals surface area contributed by atoms with Crippen molar-refractivity contribution in [3.05, 3.63) is 59.1 Å². The zero-order valence-electron chi connectivity index (χ0n) is 15.3. The topological polar surface area (TPSA) is 52.7 Å². The lowest BCUT2D eigenvalue weighted by Gasteiger charge is -2.43. The van der Waals surface area contributed by atoms with Crippen LogP contribution in [0.25, 0.3) is 0 Å². The molecular formula is C20H18ClF2N3O2S. The minimum Gasteiger partial charge on any atom is -0.324 e. The van der Waals surface area contributed by atoms with Crippen LogP contribution in [0.4, 0.5) is 25.0 Å². The first-order valence-corrected chi connectivity index (χ1v) is 10.5.